The van der Waals surface area contributed by atoms with Crippen molar-refractivity contribution in [3.05, 3.63) is 59.7 Å². The summed E-state index contributed by atoms with van der Waals surface area (Å²) >= 11 is 0. The van der Waals surface area contributed by atoms with Crippen LogP contribution in [0, 0.1) is 11.8 Å². The lowest BCUT2D eigenvalue weighted by atomic mass is 9.77. The fourth-order valence-electron chi connectivity index (χ4n) is 6.99. The number of ether oxygens (including phenoxy) is 1. The van der Waals surface area contributed by atoms with Crippen LogP contribution in [0.4, 0.5) is 0 Å². The Morgan fingerprint density at radius 1 is 0.526 bits per heavy atom. The smallest absolute Gasteiger partial charge is 0.0825 e. The Bertz CT molecular complexity index is 866. The Labute approximate surface area is 235 Å². The average molecular weight is 517 g/mol. The van der Waals surface area contributed by atoms with Crippen molar-refractivity contribution in [3.63, 3.8) is 0 Å². The van der Waals surface area contributed by atoms with E-state index in [-0.39, 0.29) is 6.10 Å². The lowest BCUT2D eigenvalue weighted by molar-refractivity contribution is -0.0199. The molecule has 0 aromatic heterocycles. The zero-order valence-corrected chi connectivity index (χ0v) is 24.8. The van der Waals surface area contributed by atoms with Crippen LogP contribution in [0.25, 0.3) is 11.1 Å². The van der Waals surface area contributed by atoms with Crippen molar-refractivity contribution < 1.29 is 4.74 Å². The molecule has 1 saturated heterocycles. The van der Waals surface area contributed by atoms with Gasteiger partial charge < -0.3 is 4.74 Å². The molecule has 1 heterocycles. The topological polar surface area (TPSA) is 9.23 Å². The molecule has 1 aliphatic heterocycles. The third kappa shape index (κ3) is 9.25. The summed E-state index contributed by atoms with van der Waals surface area (Å²) in [6.07, 6.45) is 25.3. The maximum absolute atomic E-state index is 6.34. The van der Waals surface area contributed by atoms with Gasteiger partial charge in [0.2, 0.25) is 0 Å². The van der Waals surface area contributed by atoms with E-state index in [0.717, 1.165) is 24.4 Å². The molecule has 1 heteroatoms. The van der Waals surface area contributed by atoms with E-state index < -0.39 is 0 Å². The molecule has 1 nitrogen and oxygen atoms in total. The minimum Gasteiger partial charge on any atom is -0.373 e. The van der Waals surface area contributed by atoms with Crippen molar-refractivity contribution in [1.29, 1.82) is 0 Å². The normalized spacial score (nSPS) is 23.9. The fourth-order valence-corrected chi connectivity index (χ4v) is 6.99. The number of hydrogen-bond donors (Lipinski definition) is 0. The van der Waals surface area contributed by atoms with E-state index >= 15 is 0 Å². The van der Waals surface area contributed by atoms with Gasteiger partial charge in [0.15, 0.2) is 0 Å². The second kappa shape index (κ2) is 16.5. The Morgan fingerprint density at radius 2 is 1.03 bits per heavy atom. The molecule has 0 amide bonds. The summed E-state index contributed by atoms with van der Waals surface area (Å²) in [5.41, 5.74) is 5.58. The Balaban J connectivity index is 1.18. The van der Waals surface area contributed by atoms with Crippen molar-refractivity contribution in [1.82, 2.24) is 0 Å². The van der Waals surface area contributed by atoms with Gasteiger partial charge in [-0.3, -0.25) is 0 Å². The fraction of sp³-hybridized carbons (Fsp3) is 0.676. The minimum atomic E-state index is 0.286. The van der Waals surface area contributed by atoms with E-state index in [1.807, 2.05) is 0 Å². The first-order chi connectivity index (χ1) is 18.8. The van der Waals surface area contributed by atoms with E-state index in [0.29, 0.717) is 0 Å². The van der Waals surface area contributed by atoms with Crippen LogP contribution in [-0.4, -0.2) is 6.61 Å². The third-order valence-corrected chi connectivity index (χ3v) is 9.65. The molecular formula is C37H56O. The monoisotopic (exact) mass is 516 g/mol. The molecule has 1 aliphatic carbocycles. The lowest BCUT2D eigenvalue weighted by Gasteiger charge is -2.29. The van der Waals surface area contributed by atoms with Crippen molar-refractivity contribution in [2.45, 2.75) is 141 Å². The highest BCUT2D eigenvalue weighted by Gasteiger charge is 2.23. The number of unbranched alkanes of at least 4 members (excludes halogenated alkanes) is 8. The molecule has 2 aromatic carbocycles. The van der Waals surface area contributed by atoms with Crippen LogP contribution in [0.5, 0.6) is 0 Å². The van der Waals surface area contributed by atoms with Gasteiger partial charge in [-0.25, -0.2) is 0 Å². The predicted octanol–water partition coefficient (Wildman–Crippen LogP) is 11.8. The Morgan fingerprint density at radius 3 is 1.61 bits per heavy atom. The molecule has 38 heavy (non-hydrogen) atoms. The predicted molar refractivity (Wildman–Crippen MR) is 165 cm³/mol. The summed E-state index contributed by atoms with van der Waals surface area (Å²) < 4.78 is 6.34. The third-order valence-electron chi connectivity index (χ3n) is 9.65. The van der Waals surface area contributed by atoms with Gasteiger partial charge in [0.05, 0.1) is 12.7 Å². The van der Waals surface area contributed by atoms with E-state index in [2.05, 4.69) is 62.4 Å². The zero-order valence-electron chi connectivity index (χ0n) is 24.8. The lowest BCUT2D eigenvalue weighted by Crippen LogP contribution is -2.20. The first kappa shape index (κ1) is 29.4. The van der Waals surface area contributed by atoms with Gasteiger partial charge in [-0.05, 0) is 85.0 Å². The largest absolute Gasteiger partial charge is 0.373 e. The summed E-state index contributed by atoms with van der Waals surface area (Å²) in [4.78, 5) is 0. The SMILES string of the molecule is CCCCCCCCC1CCC(c2ccc(-c3ccc([C@H]4CC[C@H](CCCCCC)CC4)cc3)cc2)OC1. The minimum absolute atomic E-state index is 0.286. The van der Waals surface area contributed by atoms with Gasteiger partial charge in [0, 0.05) is 0 Å². The van der Waals surface area contributed by atoms with E-state index in [9.17, 15) is 0 Å². The van der Waals surface area contributed by atoms with Crippen LogP contribution in [0.2, 0.25) is 0 Å². The molecule has 2 aliphatic rings. The zero-order chi connectivity index (χ0) is 26.4. The highest BCUT2D eigenvalue weighted by molar-refractivity contribution is 5.64. The van der Waals surface area contributed by atoms with Gasteiger partial charge in [-0.15, -0.1) is 0 Å². The van der Waals surface area contributed by atoms with E-state index in [4.69, 9.17) is 4.74 Å². The van der Waals surface area contributed by atoms with Gasteiger partial charge in [-0.1, -0.05) is 133 Å². The molecule has 0 N–H and O–H groups in total. The maximum atomic E-state index is 6.34. The maximum Gasteiger partial charge on any atom is 0.0825 e. The van der Waals surface area contributed by atoms with Crippen molar-refractivity contribution in [3.8, 4) is 11.1 Å². The molecule has 2 aromatic rings. The summed E-state index contributed by atoms with van der Waals surface area (Å²) in [5, 5.41) is 0. The Kier molecular flexibility index (Phi) is 12.8. The van der Waals surface area contributed by atoms with Crippen LogP contribution in [-0.2, 0) is 4.74 Å². The van der Waals surface area contributed by atoms with E-state index in [1.165, 1.54) is 132 Å². The highest BCUT2D eigenvalue weighted by atomic mass is 16.5. The van der Waals surface area contributed by atoms with Gasteiger partial charge >= 0.3 is 0 Å². The van der Waals surface area contributed by atoms with Gasteiger partial charge in [-0.2, -0.15) is 0 Å². The standard InChI is InChI=1S/C37H56O/c1-3-5-7-9-10-12-14-31-17-28-37(38-29-31)36-26-24-35(25-27-36)34-22-20-33(21-23-34)32-18-15-30(16-19-32)13-11-8-6-4-2/h20-27,30-32,37H,3-19,28-29H2,1-2H3/t30-,31?,32-,37?. The summed E-state index contributed by atoms with van der Waals surface area (Å²) in [7, 11) is 0. The molecule has 0 bridgehead atoms. The number of rotatable bonds is 15. The molecule has 210 valence electrons. The molecular weight excluding hydrogens is 460 g/mol. The second-order valence-corrected chi connectivity index (χ2v) is 12.6. The van der Waals surface area contributed by atoms with Crippen molar-refractivity contribution >= 4 is 0 Å². The molecule has 1 saturated carbocycles. The van der Waals surface area contributed by atoms with Gasteiger partial charge in [0.25, 0.3) is 0 Å². The average Bonchev–Trinajstić information content (AvgIpc) is 2.98. The summed E-state index contributed by atoms with van der Waals surface area (Å²) in [6.45, 7) is 5.55. The number of hydrogen-bond acceptors (Lipinski definition) is 1. The molecule has 2 atom stereocenters. The van der Waals surface area contributed by atoms with E-state index in [1.54, 1.807) is 5.56 Å². The summed E-state index contributed by atoms with van der Waals surface area (Å²) in [5.74, 6) is 2.53. The highest BCUT2D eigenvalue weighted by Crippen LogP contribution is 2.39. The first-order valence-corrected chi connectivity index (χ1v) is 16.6. The van der Waals surface area contributed by atoms with Crippen molar-refractivity contribution in [2.75, 3.05) is 6.61 Å². The Hall–Kier alpha value is -1.60. The molecule has 2 unspecified atom stereocenters. The van der Waals surface area contributed by atoms with Crippen LogP contribution >= 0.6 is 0 Å². The molecule has 0 radical (unpaired) electrons. The molecule has 2 fully saturated rings. The van der Waals surface area contributed by atoms with Crippen LogP contribution in [0.3, 0.4) is 0 Å². The van der Waals surface area contributed by atoms with Crippen LogP contribution in [0.1, 0.15) is 153 Å². The van der Waals surface area contributed by atoms with Gasteiger partial charge in [0.1, 0.15) is 0 Å². The molecule has 4 rings (SSSR count). The number of benzene rings is 2. The van der Waals surface area contributed by atoms with Crippen molar-refractivity contribution in [2.24, 2.45) is 11.8 Å². The second-order valence-electron chi connectivity index (χ2n) is 12.6. The van der Waals surface area contributed by atoms with Crippen LogP contribution in [0.15, 0.2) is 48.5 Å². The quantitative estimate of drug-likeness (QED) is 0.214. The first-order valence-electron chi connectivity index (χ1n) is 16.6. The molecule has 0 spiro atoms. The summed E-state index contributed by atoms with van der Waals surface area (Å²) in [6, 6.07) is 18.7. The van der Waals surface area contributed by atoms with Crippen LogP contribution < -0.4 is 0 Å².